The van der Waals surface area contributed by atoms with Crippen molar-refractivity contribution in [1.29, 1.82) is 0 Å². The van der Waals surface area contributed by atoms with Gasteiger partial charge < -0.3 is 9.73 Å². The van der Waals surface area contributed by atoms with Gasteiger partial charge in [0.05, 0.1) is 5.02 Å². The summed E-state index contributed by atoms with van der Waals surface area (Å²) in [6.45, 7) is 2.83. The smallest absolute Gasteiger partial charge is 0.134 e. The predicted molar refractivity (Wildman–Crippen MR) is 92.1 cm³/mol. The molecule has 3 rings (SSSR count). The van der Waals surface area contributed by atoms with Gasteiger partial charge >= 0.3 is 0 Å². The number of fused-ring (bicyclic) bond motifs is 1. The van der Waals surface area contributed by atoms with Crippen LogP contribution in [0.25, 0.3) is 11.0 Å². The molecule has 0 saturated carbocycles. The highest BCUT2D eigenvalue weighted by Gasteiger charge is 2.12. The lowest BCUT2D eigenvalue weighted by atomic mass is 10.1. The van der Waals surface area contributed by atoms with E-state index >= 15 is 0 Å². The number of para-hydroxylation sites is 1. The molecule has 3 aromatic rings. The number of hydrogen-bond acceptors (Lipinski definition) is 2. The van der Waals surface area contributed by atoms with Gasteiger partial charge in [0, 0.05) is 34.1 Å². The minimum absolute atomic E-state index is 0.702. The van der Waals surface area contributed by atoms with Crippen LogP contribution in [0.5, 0.6) is 0 Å². The van der Waals surface area contributed by atoms with Crippen LogP contribution in [0.3, 0.4) is 0 Å². The van der Waals surface area contributed by atoms with Crippen LogP contribution in [0.2, 0.25) is 5.02 Å². The second-order valence-electron chi connectivity index (χ2n) is 4.84. The lowest BCUT2D eigenvalue weighted by Gasteiger charge is -2.08. The van der Waals surface area contributed by atoms with Crippen molar-refractivity contribution in [2.75, 3.05) is 5.32 Å². The number of aryl methyl sites for hydroxylation is 1. The number of benzene rings is 2. The maximum absolute atomic E-state index is 6.12. The number of halogens is 2. The van der Waals surface area contributed by atoms with Crippen LogP contribution in [-0.2, 0) is 13.0 Å². The Morgan fingerprint density at radius 1 is 1.19 bits per heavy atom. The summed E-state index contributed by atoms with van der Waals surface area (Å²) < 4.78 is 6.81. The first-order valence-electron chi connectivity index (χ1n) is 6.87. The molecule has 0 bridgehead atoms. The molecule has 1 heterocycles. The fourth-order valence-electron chi connectivity index (χ4n) is 2.43. The average molecular weight is 365 g/mol. The van der Waals surface area contributed by atoms with Gasteiger partial charge in [-0.2, -0.15) is 0 Å². The number of furan rings is 1. The van der Waals surface area contributed by atoms with Crippen molar-refractivity contribution in [3.8, 4) is 0 Å². The molecule has 1 N–H and O–H groups in total. The van der Waals surface area contributed by atoms with Gasteiger partial charge in [0.25, 0.3) is 0 Å². The molecule has 108 valence electrons. The van der Waals surface area contributed by atoms with Gasteiger partial charge in [-0.05, 0) is 40.2 Å². The maximum atomic E-state index is 6.12. The third-order valence-electron chi connectivity index (χ3n) is 3.49. The Morgan fingerprint density at radius 3 is 2.76 bits per heavy atom. The largest absolute Gasteiger partial charge is 0.461 e. The maximum Gasteiger partial charge on any atom is 0.134 e. The van der Waals surface area contributed by atoms with E-state index in [0.29, 0.717) is 5.02 Å². The molecule has 21 heavy (non-hydrogen) atoms. The standard InChI is InChI=1S/C17H15BrClNO/c1-2-16-13(12-5-3-4-6-17(12)21-16)10-20-11-7-8-14(18)15(19)9-11/h3-9,20H,2,10H2,1H3. The highest BCUT2D eigenvalue weighted by molar-refractivity contribution is 9.10. The third-order valence-corrected chi connectivity index (χ3v) is 4.72. The summed E-state index contributed by atoms with van der Waals surface area (Å²) in [5.74, 6) is 1.03. The third kappa shape index (κ3) is 2.94. The zero-order valence-corrected chi connectivity index (χ0v) is 14.0. The number of anilines is 1. The van der Waals surface area contributed by atoms with Crippen LogP contribution >= 0.6 is 27.5 Å². The molecule has 0 aliphatic carbocycles. The first-order chi connectivity index (χ1) is 10.2. The fourth-order valence-corrected chi connectivity index (χ4v) is 2.85. The number of hydrogen-bond donors (Lipinski definition) is 1. The van der Waals surface area contributed by atoms with Crippen molar-refractivity contribution in [3.63, 3.8) is 0 Å². The fraction of sp³-hybridized carbons (Fsp3) is 0.176. The van der Waals surface area contributed by atoms with Gasteiger partial charge in [0.1, 0.15) is 11.3 Å². The van der Waals surface area contributed by atoms with Crippen LogP contribution < -0.4 is 5.32 Å². The van der Waals surface area contributed by atoms with Crippen molar-refractivity contribution in [3.05, 3.63) is 63.3 Å². The summed E-state index contributed by atoms with van der Waals surface area (Å²) in [6.07, 6.45) is 0.882. The quantitative estimate of drug-likeness (QED) is 0.612. The van der Waals surface area contributed by atoms with E-state index in [1.807, 2.05) is 36.4 Å². The molecular weight excluding hydrogens is 350 g/mol. The predicted octanol–water partition coefficient (Wildman–Crippen LogP) is 6.02. The second-order valence-corrected chi connectivity index (χ2v) is 6.10. The van der Waals surface area contributed by atoms with Gasteiger partial charge in [-0.1, -0.05) is 36.7 Å². The molecule has 0 radical (unpaired) electrons. The first kappa shape index (κ1) is 14.5. The Labute approximate surface area is 137 Å². The van der Waals surface area contributed by atoms with Gasteiger partial charge in [-0.25, -0.2) is 0 Å². The second kappa shape index (κ2) is 6.12. The normalized spacial score (nSPS) is 11.0. The Bertz CT molecular complexity index is 782. The van der Waals surface area contributed by atoms with Crippen LogP contribution in [0.15, 0.2) is 51.4 Å². The summed E-state index contributed by atoms with van der Waals surface area (Å²) >= 11 is 9.52. The molecule has 0 saturated heterocycles. The van der Waals surface area contributed by atoms with Crippen molar-refractivity contribution in [2.24, 2.45) is 0 Å². The van der Waals surface area contributed by atoms with E-state index in [-0.39, 0.29) is 0 Å². The van der Waals surface area contributed by atoms with E-state index in [0.717, 1.165) is 34.5 Å². The molecule has 2 aromatic carbocycles. The average Bonchev–Trinajstić information content (AvgIpc) is 2.86. The Kier molecular flexibility index (Phi) is 4.22. The Morgan fingerprint density at radius 2 is 2.00 bits per heavy atom. The minimum atomic E-state index is 0.702. The molecular formula is C17H15BrClNO. The monoisotopic (exact) mass is 363 g/mol. The van der Waals surface area contributed by atoms with E-state index < -0.39 is 0 Å². The van der Waals surface area contributed by atoms with Crippen molar-refractivity contribution < 1.29 is 4.42 Å². The zero-order valence-electron chi connectivity index (χ0n) is 11.6. The van der Waals surface area contributed by atoms with Crippen molar-refractivity contribution >= 4 is 44.2 Å². The number of nitrogens with one attached hydrogen (secondary N) is 1. The summed E-state index contributed by atoms with van der Waals surface area (Å²) in [7, 11) is 0. The number of rotatable bonds is 4. The van der Waals surface area contributed by atoms with Crippen LogP contribution in [0, 0.1) is 0 Å². The summed E-state index contributed by atoms with van der Waals surface area (Å²) in [5, 5.41) is 5.29. The Hall–Kier alpha value is -1.45. The minimum Gasteiger partial charge on any atom is -0.461 e. The SMILES string of the molecule is CCc1oc2ccccc2c1CNc1ccc(Br)c(Cl)c1. The van der Waals surface area contributed by atoms with E-state index in [4.69, 9.17) is 16.0 Å². The lowest BCUT2D eigenvalue weighted by Crippen LogP contribution is -2.01. The first-order valence-corrected chi connectivity index (χ1v) is 8.04. The van der Waals surface area contributed by atoms with Gasteiger partial charge in [-0.3, -0.25) is 0 Å². The van der Waals surface area contributed by atoms with E-state index in [2.05, 4.69) is 34.2 Å². The van der Waals surface area contributed by atoms with Crippen LogP contribution in [-0.4, -0.2) is 0 Å². The zero-order chi connectivity index (χ0) is 14.8. The van der Waals surface area contributed by atoms with E-state index in [1.54, 1.807) is 0 Å². The van der Waals surface area contributed by atoms with Gasteiger partial charge in [0.2, 0.25) is 0 Å². The molecule has 0 aliphatic rings. The molecule has 0 fully saturated rings. The summed E-state index contributed by atoms with van der Waals surface area (Å²) in [5.41, 5.74) is 3.16. The molecule has 0 unspecified atom stereocenters. The summed E-state index contributed by atoms with van der Waals surface area (Å²) in [6, 6.07) is 14.0. The lowest BCUT2D eigenvalue weighted by molar-refractivity contribution is 0.551. The summed E-state index contributed by atoms with van der Waals surface area (Å²) in [4.78, 5) is 0. The molecule has 0 spiro atoms. The highest BCUT2D eigenvalue weighted by atomic mass is 79.9. The molecule has 4 heteroatoms. The molecule has 0 atom stereocenters. The van der Waals surface area contributed by atoms with E-state index in [1.165, 1.54) is 10.9 Å². The van der Waals surface area contributed by atoms with Gasteiger partial charge in [-0.15, -0.1) is 0 Å². The van der Waals surface area contributed by atoms with E-state index in [9.17, 15) is 0 Å². The van der Waals surface area contributed by atoms with Crippen LogP contribution in [0.4, 0.5) is 5.69 Å². The highest BCUT2D eigenvalue weighted by Crippen LogP contribution is 2.29. The van der Waals surface area contributed by atoms with Crippen LogP contribution in [0.1, 0.15) is 18.2 Å². The molecule has 2 nitrogen and oxygen atoms in total. The molecule has 1 aromatic heterocycles. The molecule has 0 amide bonds. The topological polar surface area (TPSA) is 25.2 Å². The molecule has 0 aliphatic heterocycles. The van der Waals surface area contributed by atoms with Crippen molar-refractivity contribution in [1.82, 2.24) is 0 Å². The van der Waals surface area contributed by atoms with Gasteiger partial charge in [0.15, 0.2) is 0 Å². The van der Waals surface area contributed by atoms with Crippen molar-refractivity contribution in [2.45, 2.75) is 19.9 Å². The Balaban J connectivity index is 1.89.